The van der Waals surface area contributed by atoms with Crippen LogP contribution in [0.2, 0.25) is 0 Å². The first-order valence-corrected chi connectivity index (χ1v) is 6.55. The predicted molar refractivity (Wildman–Crippen MR) is 65.7 cm³/mol. The van der Waals surface area contributed by atoms with Gasteiger partial charge >= 0.3 is 0 Å². The number of sulfone groups is 1. The average molecular weight is 284 g/mol. The van der Waals surface area contributed by atoms with Gasteiger partial charge in [-0.2, -0.15) is 0 Å². The molecule has 2 atom stereocenters. The molecule has 0 aliphatic heterocycles. The standard InChI is InChI=1S/C10H14FNO3S.ClH/c1-16(14,15)8-4-2-7(3-5-8)10(13)9(12)6-11;/h2-5,9-10,13H,6,12H2,1H3;1H/t9-,10-;/m1./s1. The van der Waals surface area contributed by atoms with Gasteiger partial charge in [-0.15, -0.1) is 12.4 Å². The van der Waals surface area contributed by atoms with Gasteiger partial charge in [0, 0.05) is 6.26 Å². The summed E-state index contributed by atoms with van der Waals surface area (Å²) in [5.74, 6) is 0. The van der Waals surface area contributed by atoms with Gasteiger partial charge in [-0.05, 0) is 17.7 Å². The van der Waals surface area contributed by atoms with Gasteiger partial charge in [-0.3, -0.25) is 0 Å². The molecule has 0 heterocycles. The quantitative estimate of drug-likeness (QED) is 0.858. The third kappa shape index (κ3) is 4.23. The zero-order valence-electron chi connectivity index (χ0n) is 9.21. The molecule has 1 aromatic carbocycles. The fourth-order valence-electron chi connectivity index (χ4n) is 1.24. The number of benzene rings is 1. The Morgan fingerprint density at radius 3 is 2.18 bits per heavy atom. The molecule has 1 rings (SSSR count). The van der Waals surface area contributed by atoms with Crippen molar-refractivity contribution in [3.8, 4) is 0 Å². The summed E-state index contributed by atoms with van der Waals surface area (Å²) in [5, 5.41) is 9.57. The van der Waals surface area contributed by atoms with Crippen molar-refractivity contribution in [3.63, 3.8) is 0 Å². The summed E-state index contributed by atoms with van der Waals surface area (Å²) >= 11 is 0. The van der Waals surface area contributed by atoms with Crippen molar-refractivity contribution in [2.45, 2.75) is 17.0 Å². The number of nitrogens with two attached hydrogens (primary N) is 1. The van der Waals surface area contributed by atoms with Crippen LogP contribution < -0.4 is 5.73 Å². The molecule has 1 aromatic rings. The van der Waals surface area contributed by atoms with Crippen molar-refractivity contribution in [1.29, 1.82) is 0 Å². The second kappa shape index (κ2) is 6.30. The first-order valence-electron chi connectivity index (χ1n) is 4.66. The first-order chi connectivity index (χ1) is 7.36. The molecule has 0 bridgehead atoms. The largest absolute Gasteiger partial charge is 0.387 e. The van der Waals surface area contributed by atoms with Gasteiger partial charge in [0.25, 0.3) is 0 Å². The van der Waals surface area contributed by atoms with Crippen LogP contribution >= 0.6 is 12.4 Å². The maximum atomic E-state index is 12.2. The van der Waals surface area contributed by atoms with Gasteiger partial charge in [-0.1, -0.05) is 12.1 Å². The van der Waals surface area contributed by atoms with E-state index in [1.54, 1.807) is 0 Å². The van der Waals surface area contributed by atoms with Crippen LogP contribution in [0.1, 0.15) is 11.7 Å². The summed E-state index contributed by atoms with van der Waals surface area (Å²) in [6.07, 6.45) is -0.0373. The van der Waals surface area contributed by atoms with Gasteiger partial charge in [0.1, 0.15) is 6.67 Å². The molecule has 0 spiro atoms. The molecule has 3 N–H and O–H groups in total. The summed E-state index contributed by atoms with van der Waals surface area (Å²) in [4.78, 5) is 0.150. The minimum Gasteiger partial charge on any atom is -0.387 e. The summed E-state index contributed by atoms with van der Waals surface area (Å²) in [6, 6.07) is 4.58. The van der Waals surface area contributed by atoms with Crippen molar-refractivity contribution in [3.05, 3.63) is 29.8 Å². The Kier molecular flexibility index (Phi) is 6.04. The van der Waals surface area contributed by atoms with Crippen LogP contribution in [0.5, 0.6) is 0 Å². The minimum atomic E-state index is -3.26. The fraction of sp³-hybridized carbons (Fsp3) is 0.400. The number of alkyl halides is 1. The maximum Gasteiger partial charge on any atom is 0.175 e. The van der Waals surface area contributed by atoms with Crippen LogP contribution in [0.15, 0.2) is 29.2 Å². The number of hydrogen-bond donors (Lipinski definition) is 2. The average Bonchev–Trinajstić information content (AvgIpc) is 2.26. The minimum absolute atomic E-state index is 0. The number of halogens is 2. The third-order valence-electron chi connectivity index (χ3n) is 2.23. The zero-order valence-corrected chi connectivity index (χ0v) is 10.8. The zero-order chi connectivity index (χ0) is 12.3. The lowest BCUT2D eigenvalue weighted by molar-refractivity contribution is 0.132. The van der Waals surface area contributed by atoms with Crippen molar-refractivity contribution >= 4 is 22.2 Å². The summed E-state index contributed by atoms with van der Waals surface area (Å²) in [5.41, 5.74) is 5.73. The maximum absolute atomic E-state index is 12.2. The molecular weight excluding hydrogens is 269 g/mol. The number of rotatable bonds is 4. The highest BCUT2D eigenvalue weighted by molar-refractivity contribution is 7.90. The van der Waals surface area contributed by atoms with E-state index in [9.17, 15) is 17.9 Å². The lowest BCUT2D eigenvalue weighted by atomic mass is 10.0. The van der Waals surface area contributed by atoms with Crippen molar-refractivity contribution in [2.75, 3.05) is 12.9 Å². The van der Waals surface area contributed by atoms with Gasteiger partial charge in [0.05, 0.1) is 17.0 Å². The van der Waals surface area contributed by atoms with E-state index in [0.29, 0.717) is 5.56 Å². The summed E-state index contributed by atoms with van der Waals surface area (Å²) in [7, 11) is -3.26. The molecule has 0 fully saturated rings. The Morgan fingerprint density at radius 2 is 1.82 bits per heavy atom. The molecule has 0 aromatic heterocycles. The molecule has 17 heavy (non-hydrogen) atoms. The van der Waals surface area contributed by atoms with Crippen molar-refractivity contribution in [2.24, 2.45) is 5.73 Å². The molecule has 98 valence electrons. The SMILES string of the molecule is CS(=O)(=O)c1ccc([C@@H](O)[C@H](N)CF)cc1.Cl. The van der Waals surface area contributed by atoms with Gasteiger partial charge in [0.2, 0.25) is 0 Å². The topological polar surface area (TPSA) is 80.4 Å². The molecule has 0 aliphatic rings. The van der Waals surface area contributed by atoms with Crippen molar-refractivity contribution in [1.82, 2.24) is 0 Å². The Morgan fingerprint density at radius 1 is 1.35 bits per heavy atom. The van der Waals surface area contributed by atoms with E-state index < -0.39 is 28.7 Å². The Balaban J connectivity index is 0.00000256. The van der Waals surface area contributed by atoms with E-state index in [1.165, 1.54) is 24.3 Å². The molecule has 0 saturated carbocycles. The lowest BCUT2D eigenvalue weighted by Crippen LogP contribution is -2.30. The lowest BCUT2D eigenvalue weighted by Gasteiger charge is -2.16. The molecular formula is C10H15ClFNO3S. The third-order valence-corrected chi connectivity index (χ3v) is 3.36. The first kappa shape index (κ1) is 16.3. The molecule has 0 saturated heterocycles. The Hall–Kier alpha value is -0.690. The van der Waals surface area contributed by atoms with Crippen LogP contribution in [-0.4, -0.2) is 32.5 Å². The van der Waals surface area contributed by atoms with Gasteiger partial charge in [0.15, 0.2) is 9.84 Å². The van der Waals surface area contributed by atoms with Gasteiger partial charge < -0.3 is 10.8 Å². The van der Waals surface area contributed by atoms with Crippen LogP contribution in [0.25, 0.3) is 0 Å². The molecule has 0 amide bonds. The van der Waals surface area contributed by atoms with Gasteiger partial charge in [-0.25, -0.2) is 12.8 Å². The predicted octanol–water partition coefficient (Wildman–Crippen LogP) is 0.842. The van der Waals surface area contributed by atoms with E-state index in [1.807, 2.05) is 0 Å². The smallest absolute Gasteiger partial charge is 0.175 e. The van der Waals surface area contributed by atoms with E-state index in [0.717, 1.165) is 6.26 Å². The summed E-state index contributed by atoms with van der Waals surface area (Å²) < 4.78 is 34.5. The van der Waals surface area contributed by atoms with E-state index >= 15 is 0 Å². The molecule has 0 radical (unpaired) electrons. The summed E-state index contributed by atoms with van der Waals surface area (Å²) in [6.45, 7) is -0.838. The highest BCUT2D eigenvalue weighted by Crippen LogP contribution is 2.18. The van der Waals surface area contributed by atoms with Crippen molar-refractivity contribution < 1.29 is 17.9 Å². The number of aliphatic hydroxyl groups excluding tert-OH is 1. The second-order valence-electron chi connectivity index (χ2n) is 3.60. The normalized spacial score (nSPS) is 14.8. The molecule has 7 heteroatoms. The Labute approximate surface area is 106 Å². The molecule has 4 nitrogen and oxygen atoms in total. The van der Waals surface area contributed by atoms with Crippen LogP contribution in [-0.2, 0) is 9.84 Å². The van der Waals surface area contributed by atoms with E-state index in [-0.39, 0.29) is 17.3 Å². The molecule has 0 unspecified atom stereocenters. The second-order valence-corrected chi connectivity index (χ2v) is 5.62. The van der Waals surface area contributed by atoms with E-state index in [4.69, 9.17) is 5.73 Å². The van der Waals surface area contributed by atoms with Crippen LogP contribution in [0.4, 0.5) is 4.39 Å². The monoisotopic (exact) mass is 283 g/mol. The van der Waals surface area contributed by atoms with Crippen LogP contribution in [0, 0.1) is 0 Å². The molecule has 0 aliphatic carbocycles. The van der Waals surface area contributed by atoms with Crippen LogP contribution in [0.3, 0.4) is 0 Å². The highest BCUT2D eigenvalue weighted by Gasteiger charge is 2.17. The number of aliphatic hydroxyl groups is 1. The Bertz CT molecular complexity index is 449. The fourth-order valence-corrected chi connectivity index (χ4v) is 1.87. The number of hydrogen-bond acceptors (Lipinski definition) is 4. The van der Waals surface area contributed by atoms with E-state index in [2.05, 4.69) is 0 Å². The highest BCUT2D eigenvalue weighted by atomic mass is 35.5.